The fraction of sp³-hybridized carbons (Fsp3) is 0.458. The van der Waals surface area contributed by atoms with Gasteiger partial charge >= 0.3 is 0 Å². The lowest BCUT2D eigenvalue weighted by Crippen LogP contribution is -2.42. The molecule has 1 heterocycles. The van der Waals surface area contributed by atoms with Gasteiger partial charge in [0.2, 0.25) is 10.0 Å². The summed E-state index contributed by atoms with van der Waals surface area (Å²) in [7, 11) is -0.726. The molecule has 9 heteroatoms. The first kappa shape index (κ1) is 25.3. The number of halogens is 1. The standard InChI is InChI=1S/C24H31ClN2O5S/c1-17-13-18(2)16-27(15-17)33(29,30)23-14-19(5-10-22(23)31-4)24(28)26(3)11-12-32-21-8-6-20(25)7-9-21/h5-10,14,17-18H,11-13,15-16H2,1-4H3. The molecule has 33 heavy (non-hydrogen) atoms. The molecule has 0 radical (unpaired) electrons. The highest BCUT2D eigenvalue weighted by molar-refractivity contribution is 7.89. The quantitative estimate of drug-likeness (QED) is 0.550. The largest absolute Gasteiger partial charge is 0.495 e. The van der Waals surface area contributed by atoms with Gasteiger partial charge in [-0.05, 0) is 60.7 Å². The normalized spacial score (nSPS) is 19.2. The molecule has 1 amide bonds. The van der Waals surface area contributed by atoms with Crippen LogP contribution >= 0.6 is 11.6 Å². The van der Waals surface area contributed by atoms with E-state index in [0.29, 0.717) is 30.4 Å². The van der Waals surface area contributed by atoms with E-state index in [2.05, 4.69) is 13.8 Å². The van der Waals surface area contributed by atoms with Crippen LogP contribution in [0.2, 0.25) is 5.02 Å². The molecule has 180 valence electrons. The molecule has 0 saturated carbocycles. The van der Waals surface area contributed by atoms with E-state index in [1.165, 1.54) is 28.4 Å². The second kappa shape index (κ2) is 10.8. The van der Waals surface area contributed by atoms with Crippen molar-refractivity contribution < 1.29 is 22.7 Å². The lowest BCUT2D eigenvalue weighted by molar-refractivity contribution is 0.0773. The van der Waals surface area contributed by atoms with E-state index in [0.717, 1.165) is 6.42 Å². The van der Waals surface area contributed by atoms with Crippen molar-refractivity contribution in [3.63, 3.8) is 0 Å². The van der Waals surface area contributed by atoms with Gasteiger partial charge in [-0.3, -0.25) is 4.79 Å². The lowest BCUT2D eigenvalue weighted by atomic mass is 9.94. The van der Waals surface area contributed by atoms with Gasteiger partial charge in [-0.1, -0.05) is 25.4 Å². The monoisotopic (exact) mass is 494 g/mol. The van der Waals surface area contributed by atoms with Crippen LogP contribution < -0.4 is 9.47 Å². The molecule has 2 aromatic carbocycles. The fourth-order valence-corrected chi connectivity index (χ4v) is 6.09. The zero-order valence-corrected chi connectivity index (χ0v) is 21.0. The van der Waals surface area contributed by atoms with Crippen LogP contribution in [0.4, 0.5) is 0 Å². The summed E-state index contributed by atoms with van der Waals surface area (Å²) in [5.41, 5.74) is 0.279. The molecule has 1 aliphatic rings. The third-order valence-corrected chi connectivity index (χ3v) is 7.82. The van der Waals surface area contributed by atoms with E-state index in [4.69, 9.17) is 21.1 Å². The number of sulfonamides is 1. The number of ether oxygens (including phenoxy) is 2. The van der Waals surface area contributed by atoms with Crippen molar-refractivity contribution in [3.8, 4) is 11.5 Å². The van der Waals surface area contributed by atoms with Crippen LogP contribution in [0.5, 0.6) is 11.5 Å². The molecule has 0 aromatic heterocycles. The van der Waals surface area contributed by atoms with Crippen LogP contribution in [0, 0.1) is 11.8 Å². The van der Waals surface area contributed by atoms with E-state index in [1.807, 2.05) is 0 Å². The number of carbonyl (C=O) groups is 1. The number of hydrogen-bond donors (Lipinski definition) is 0. The second-order valence-corrected chi connectivity index (χ2v) is 11.0. The van der Waals surface area contributed by atoms with Crippen molar-refractivity contribution in [1.29, 1.82) is 0 Å². The molecule has 0 aliphatic carbocycles. The maximum absolute atomic E-state index is 13.4. The molecule has 7 nitrogen and oxygen atoms in total. The number of nitrogens with zero attached hydrogens (tertiary/aromatic N) is 2. The van der Waals surface area contributed by atoms with Gasteiger partial charge in [-0.25, -0.2) is 8.42 Å². The van der Waals surface area contributed by atoms with Gasteiger partial charge in [0.1, 0.15) is 23.0 Å². The van der Waals surface area contributed by atoms with Crippen LogP contribution in [-0.2, 0) is 10.0 Å². The molecule has 2 atom stereocenters. The minimum absolute atomic E-state index is 0.0166. The van der Waals surface area contributed by atoms with E-state index < -0.39 is 10.0 Å². The molecule has 0 N–H and O–H groups in total. The fourth-order valence-electron chi connectivity index (χ4n) is 4.11. The number of carbonyl (C=O) groups excluding carboxylic acids is 1. The van der Waals surface area contributed by atoms with Gasteiger partial charge in [0.15, 0.2) is 0 Å². The molecule has 1 saturated heterocycles. The molecule has 3 rings (SSSR count). The highest BCUT2D eigenvalue weighted by Crippen LogP contribution is 2.32. The zero-order chi connectivity index (χ0) is 24.2. The average molecular weight is 495 g/mol. The van der Waals surface area contributed by atoms with E-state index in [1.54, 1.807) is 37.4 Å². The zero-order valence-electron chi connectivity index (χ0n) is 19.5. The third-order valence-electron chi connectivity index (χ3n) is 5.72. The maximum atomic E-state index is 13.4. The molecule has 1 aliphatic heterocycles. The van der Waals surface area contributed by atoms with Crippen molar-refractivity contribution in [1.82, 2.24) is 9.21 Å². The van der Waals surface area contributed by atoms with Gasteiger partial charge in [0, 0.05) is 30.7 Å². The van der Waals surface area contributed by atoms with E-state index in [9.17, 15) is 13.2 Å². The number of amides is 1. The van der Waals surface area contributed by atoms with Crippen LogP contribution in [0.15, 0.2) is 47.4 Å². The lowest BCUT2D eigenvalue weighted by Gasteiger charge is -2.34. The Morgan fingerprint density at radius 2 is 1.76 bits per heavy atom. The number of likely N-dealkylation sites (N-methyl/N-ethyl adjacent to an activating group) is 1. The Labute approximate surface area is 201 Å². The highest BCUT2D eigenvalue weighted by atomic mass is 35.5. The summed E-state index contributed by atoms with van der Waals surface area (Å²) in [4.78, 5) is 14.5. The first-order valence-corrected chi connectivity index (χ1v) is 12.8. The Balaban J connectivity index is 1.74. The third kappa shape index (κ3) is 6.19. The van der Waals surface area contributed by atoms with Gasteiger partial charge < -0.3 is 14.4 Å². The van der Waals surface area contributed by atoms with Crippen molar-refractivity contribution in [2.45, 2.75) is 25.2 Å². The summed E-state index contributed by atoms with van der Waals surface area (Å²) in [5.74, 6) is 1.13. The Hall–Kier alpha value is -2.29. The van der Waals surface area contributed by atoms with Crippen molar-refractivity contribution in [2.24, 2.45) is 11.8 Å². The van der Waals surface area contributed by atoms with Gasteiger partial charge in [-0.15, -0.1) is 0 Å². The van der Waals surface area contributed by atoms with Crippen LogP contribution in [0.3, 0.4) is 0 Å². The Bertz CT molecular complexity index is 1060. The molecule has 2 unspecified atom stereocenters. The molecular weight excluding hydrogens is 464 g/mol. The van der Waals surface area contributed by atoms with Gasteiger partial charge in [0.25, 0.3) is 5.91 Å². The predicted molar refractivity (Wildman–Crippen MR) is 129 cm³/mol. The molecule has 2 aromatic rings. The Morgan fingerprint density at radius 1 is 1.12 bits per heavy atom. The molecule has 0 spiro atoms. The minimum atomic E-state index is -3.81. The summed E-state index contributed by atoms with van der Waals surface area (Å²) in [5, 5.41) is 0.619. The summed E-state index contributed by atoms with van der Waals surface area (Å²) >= 11 is 5.87. The number of hydrogen-bond acceptors (Lipinski definition) is 5. The molecule has 0 bridgehead atoms. The highest BCUT2D eigenvalue weighted by Gasteiger charge is 2.34. The summed E-state index contributed by atoms with van der Waals surface area (Å²) < 4.78 is 39.4. The van der Waals surface area contributed by atoms with E-state index >= 15 is 0 Å². The number of benzene rings is 2. The number of piperidine rings is 1. The summed E-state index contributed by atoms with van der Waals surface area (Å²) in [6, 6.07) is 11.5. The molecular formula is C24H31ClN2O5S. The topological polar surface area (TPSA) is 76.1 Å². The van der Waals surface area contributed by atoms with Crippen LogP contribution in [0.25, 0.3) is 0 Å². The van der Waals surface area contributed by atoms with Crippen molar-refractivity contribution >= 4 is 27.5 Å². The van der Waals surface area contributed by atoms with Gasteiger partial charge in [0.05, 0.1) is 13.7 Å². The van der Waals surface area contributed by atoms with Crippen molar-refractivity contribution in [3.05, 3.63) is 53.1 Å². The SMILES string of the molecule is COc1ccc(C(=O)N(C)CCOc2ccc(Cl)cc2)cc1S(=O)(=O)N1CC(C)CC(C)C1. The van der Waals surface area contributed by atoms with Crippen LogP contribution in [-0.4, -0.2) is 63.9 Å². The number of rotatable bonds is 8. The van der Waals surface area contributed by atoms with Crippen molar-refractivity contribution in [2.75, 3.05) is 40.4 Å². The maximum Gasteiger partial charge on any atom is 0.253 e. The van der Waals surface area contributed by atoms with Gasteiger partial charge in [-0.2, -0.15) is 4.31 Å². The van der Waals surface area contributed by atoms with E-state index in [-0.39, 0.29) is 40.6 Å². The predicted octanol–water partition coefficient (Wildman–Crippen LogP) is 4.17. The first-order valence-electron chi connectivity index (χ1n) is 10.9. The minimum Gasteiger partial charge on any atom is -0.495 e. The Morgan fingerprint density at radius 3 is 2.36 bits per heavy atom. The second-order valence-electron chi connectivity index (χ2n) is 8.66. The first-order chi connectivity index (χ1) is 15.6. The smallest absolute Gasteiger partial charge is 0.253 e. The Kier molecular flexibility index (Phi) is 8.26. The summed E-state index contributed by atoms with van der Waals surface area (Å²) in [6.07, 6.45) is 0.991. The molecule has 1 fully saturated rings. The number of methoxy groups -OCH3 is 1. The summed E-state index contributed by atoms with van der Waals surface area (Å²) in [6.45, 7) is 5.63. The average Bonchev–Trinajstić information content (AvgIpc) is 2.78. The van der Waals surface area contributed by atoms with Crippen LogP contribution in [0.1, 0.15) is 30.6 Å².